The third kappa shape index (κ3) is 3.45. The number of halogens is 1. The summed E-state index contributed by atoms with van der Waals surface area (Å²) >= 11 is 0. The fourth-order valence-corrected chi connectivity index (χ4v) is 2.72. The average molecular weight is 343 g/mol. The number of ether oxygens (including phenoxy) is 1. The molecule has 0 saturated carbocycles. The van der Waals surface area contributed by atoms with Crippen LogP contribution in [-0.2, 0) is 4.79 Å². The van der Waals surface area contributed by atoms with Crippen molar-refractivity contribution in [2.24, 2.45) is 0 Å². The topological polar surface area (TPSA) is 71.5 Å². The molecule has 0 unspecified atom stereocenters. The molecule has 130 valence electrons. The first-order valence-electron chi connectivity index (χ1n) is 7.80. The van der Waals surface area contributed by atoms with Gasteiger partial charge in [-0.05, 0) is 44.2 Å². The van der Waals surface area contributed by atoms with Crippen LogP contribution in [0.3, 0.4) is 0 Å². The average Bonchev–Trinajstić information content (AvgIpc) is 2.54. The van der Waals surface area contributed by atoms with Crippen LogP contribution in [0.1, 0.15) is 31.1 Å². The Morgan fingerprint density at radius 3 is 2.76 bits per heavy atom. The van der Waals surface area contributed by atoms with Crippen LogP contribution >= 0.6 is 0 Å². The van der Waals surface area contributed by atoms with Gasteiger partial charge in [-0.1, -0.05) is 0 Å². The van der Waals surface area contributed by atoms with Gasteiger partial charge in [-0.15, -0.1) is 0 Å². The summed E-state index contributed by atoms with van der Waals surface area (Å²) in [6, 6.07) is 7.80. The van der Waals surface area contributed by atoms with Crippen molar-refractivity contribution >= 4 is 23.2 Å². The van der Waals surface area contributed by atoms with Gasteiger partial charge in [0.1, 0.15) is 11.4 Å². The van der Waals surface area contributed by atoms with Crippen molar-refractivity contribution in [3.8, 4) is 5.75 Å². The fraction of sp³-hybridized carbons (Fsp3) is 0.278. The summed E-state index contributed by atoms with van der Waals surface area (Å²) < 4.78 is 19.5. The molecular formula is C18H18FN3O3. The number of carbonyl (C=O) groups is 2. The van der Waals surface area contributed by atoms with Crippen molar-refractivity contribution in [1.82, 2.24) is 4.98 Å². The largest absolute Gasteiger partial charge is 0.484 e. The lowest BCUT2D eigenvalue weighted by molar-refractivity contribution is -0.117. The molecule has 1 N–H and O–H groups in total. The van der Waals surface area contributed by atoms with Crippen LogP contribution < -0.4 is 15.0 Å². The lowest BCUT2D eigenvalue weighted by Gasteiger charge is -2.39. The zero-order valence-electron chi connectivity index (χ0n) is 14.2. The molecule has 0 spiro atoms. The molecule has 2 amide bonds. The Morgan fingerprint density at radius 1 is 1.32 bits per heavy atom. The van der Waals surface area contributed by atoms with Crippen LogP contribution in [-0.4, -0.2) is 28.9 Å². The van der Waals surface area contributed by atoms with Gasteiger partial charge in [0, 0.05) is 18.8 Å². The fourth-order valence-electron chi connectivity index (χ4n) is 2.72. The summed E-state index contributed by atoms with van der Waals surface area (Å²) in [6.45, 7) is 5.66. The molecule has 1 aliphatic heterocycles. The number of pyridine rings is 1. The molecule has 6 nitrogen and oxygen atoms in total. The predicted octanol–water partition coefficient (Wildman–Crippen LogP) is 3.00. The maximum Gasteiger partial charge on any atom is 0.260 e. The van der Waals surface area contributed by atoms with E-state index in [-0.39, 0.29) is 11.5 Å². The third-order valence-corrected chi connectivity index (χ3v) is 3.82. The Kier molecular flexibility index (Phi) is 4.16. The van der Waals surface area contributed by atoms with E-state index in [1.807, 2.05) is 13.8 Å². The number of hydrogen-bond acceptors (Lipinski definition) is 4. The highest BCUT2D eigenvalue weighted by molar-refractivity contribution is 6.05. The van der Waals surface area contributed by atoms with Crippen molar-refractivity contribution in [3.63, 3.8) is 0 Å². The second kappa shape index (κ2) is 6.16. The Morgan fingerprint density at radius 2 is 2.08 bits per heavy atom. The zero-order chi connectivity index (χ0) is 18.2. The lowest BCUT2D eigenvalue weighted by atomic mass is 10.0. The summed E-state index contributed by atoms with van der Waals surface area (Å²) in [5.41, 5.74) is 0.335. The highest BCUT2D eigenvalue weighted by Crippen LogP contribution is 2.38. The number of carbonyl (C=O) groups excluding carboxylic acids is 2. The standard InChI is InChI=1S/C18H18FN3O3/c1-11(23)22-10-18(2,3)25-15-7-6-12(9-14(15)22)21-17(24)13-5-4-8-20-16(13)19/h4-9H,10H2,1-3H3,(H,21,24). The Hall–Kier alpha value is -2.96. The van der Waals surface area contributed by atoms with E-state index in [1.54, 1.807) is 23.1 Å². The van der Waals surface area contributed by atoms with E-state index in [0.717, 1.165) is 0 Å². The van der Waals surface area contributed by atoms with Crippen molar-refractivity contribution in [2.75, 3.05) is 16.8 Å². The molecule has 2 heterocycles. The maximum atomic E-state index is 13.6. The Labute approximate surface area is 144 Å². The molecule has 2 aromatic rings. The summed E-state index contributed by atoms with van der Waals surface area (Å²) in [4.78, 5) is 29.3. The van der Waals surface area contributed by atoms with Crippen LogP contribution in [0.25, 0.3) is 0 Å². The highest BCUT2D eigenvalue weighted by Gasteiger charge is 2.33. The number of nitrogens with zero attached hydrogens (tertiary/aromatic N) is 2. The van der Waals surface area contributed by atoms with Gasteiger partial charge in [0.15, 0.2) is 0 Å². The first-order chi connectivity index (χ1) is 11.8. The molecule has 0 bridgehead atoms. The van der Waals surface area contributed by atoms with Crippen LogP contribution in [0.2, 0.25) is 0 Å². The molecule has 1 aliphatic rings. The molecule has 7 heteroatoms. The quantitative estimate of drug-likeness (QED) is 0.851. The number of aromatic nitrogens is 1. The van der Waals surface area contributed by atoms with Gasteiger partial charge in [-0.2, -0.15) is 4.39 Å². The molecule has 0 radical (unpaired) electrons. The summed E-state index contributed by atoms with van der Waals surface area (Å²) in [7, 11) is 0. The van der Waals surface area contributed by atoms with Gasteiger partial charge in [-0.25, -0.2) is 4.98 Å². The van der Waals surface area contributed by atoms with E-state index in [9.17, 15) is 14.0 Å². The molecule has 1 aromatic carbocycles. The van der Waals surface area contributed by atoms with E-state index in [0.29, 0.717) is 23.7 Å². The van der Waals surface area contributed by atoms with Crippen molar-refractivity contribution in [1.29, 1.82) is 0 Å². The van der Waals surface area contributed by atoms with E-state index < -0.39 is 17.5 Å². The smallest absolute Gasteiger partial charge is 0.260 e. The monoisotopic (exact) mass is 343 g/mol. The van der Waals surface area contributed by atoms with E-state index in [2.05, 4.69) is 10.3 Å². The highest BCUT2D eigenvalue weighted by atomic mass is 19.1. The second-order valence-electron chi connectivity index (χ2n) is 6.45. The molecule has 3 rings (SSSR count). The third-order valence-electron chi connectivity index (χ3n) is 3.82. The summed E-state index contributed by atoms with van der Waals surface area (Å²) in [5, 5.41) is 2.62. The molecule has 1 aromatic heterocycles. The van der Waals surface area contributed by atoms with Crippen LogP contribution in [0.4, 0.5) is 15.8 Å². The van der Waals surface area contributed by atoms with Gasteiger partial charge in [-0.3, -0.25) is 9.59 Å². The number of nitrogens with one attached hydrogen (secondary N) is 1. The Bertz CT molecular complexity index is 851. The van der Waals surface area contributed by atoms with Crippen molar-refractivity contribution in [3.05, 3.63) is 48.0 Å². The maximum absolute atomic E-state index is 13.6. The first-order valence-corrected chi connectivity index (χ1v) is 7.80. The normalized spacial score (nSPS) is 15.1. The molecule has 0 saturated heterocycles. The van der Waals surface area contributed by atoms with E-state index in [4.69, 9.17) is 4.74 Å². The lowest BCUT2D eigenvalue weighted by Crippen LogP contribution is -2.48. The molecule has 0 atom stereocenters. The van der Waals surface area contributed by atoms with Gasteiger partial charge in [0.05, 0.1) is 17.8 Å². The first kappa shape index (κ1) is 16.9. The van der Waals surface area contributed by atoms with E-state index in [1.165, 1.54) is 25.3 Å². The number of anilines is 2. The number of rotatable bonds is 2. The molecule has 0 aliphatic carbocycles. The van der Waals surface area contributed by atoms with Gasteiger partial charge in [0.2, 0.25) is 11.9 Å². The molecule has 25 heavy (non-hydrogen) atoms. The van der Waals surface area contributed by atoms with Crippen LogP contribution in [0, 0.1) is 5.95 Å². The molecular weight excluding hydrogens is 325 g/mol. The van der Waals surface area contributed by atoms with Crippen LogP contribution in [0.15, 0.2) is 36.5 Å². The van der Waals surface area contributed by atoms with Crippen molar-refractivity contribution in [2.45, 2.75) is 26.4 Å². The van der Waals surface area contributed by atoms with Gasteiger partial charge in [0.25, 0.3) is 5.91 Å². The molecule has 0 fully saturated rings. The minimum absolute atomic E-state index is 0.126. The van der Waals surface area contributed by atoms with E-state index >= 15 is 0 Å². The summed E-state index contributed by atoms with van der Waals surface area (Å²) in [6.07, 6.45) is 1.27. The predicted molar refractivity (Wildman–Crippen MR) is 91.3 cm³/mol. The second-order valence-corrected chi connectivity index (χ2v) is 6.45. The number of fused-ring (bicyclic) bond motifs is 1. The summed E-state index contributed by atoms with van der Waals surface area (Å²) in [5.74, 6) is -1.03. The number of hydrogen-bond donors (Lipinski definition) is 1. The van der Waals surface area contributed by atoms with Gasteiger partial charge < -0.3 is 15.0 Å². The number of benzene rings is 1. The SMILES string of the molecule is CC(=O)N1CC(C)(C)Oc2ccc(NC(=O)c3cccnc3F)cc21. The number of amides is 2. The van der Waals surface area contributed by atoms with Gasteiger partial charge >= 0.3 is 0 Å². The van der Waals surface area contributed by atoms with Crippen LogP contribution in [0.5, 0.6) is 5.75 Å². The zero-order valence-corrected chi connectivity index (χ0v) is 14.2. The minimum Gasteiger partial charge on any atom is -0.484 e. The Balaban J connectivity index is 1.91. The van der Waals surface area contributed by atoms with Crippen molar-refractivity contribution < 1.29 is 18.7 Å². The minimum atomic E-state index is -0.839.